The first-order valence-corrected chi connectivity index (χ1v) is 11.1. The lowest BCUT2D eigenvalue weighted by atomic mass is 9.93. The summed E-state index contributed by atoms with van der Waals surface area (Å²) in [4.78, 5) is 16.1. The Morgan fingerprint density at radius 1 is 1.20 bits per heavy atom. The zero-order chi connectivity index (χ0) is 20.8. The van der Waals surface area contributed by atoms with Gasteiger partial charge in [-0.1, -0.05) is 30.4 Å². The Morgan fingerprint density at radius 2 is 2.10 bits per heavy atom. The number of unbranched alkanes of at least 4 members (excludes halogenated alkanes) is 2. The zero-order valence-electron chi connectivity index (χ0n) is 17.4. The third kappa shape index (κ3) is 5.21. The van der Waals surface area contributed by atoms with Gasteiger partial charge in [-0.2, -0.15) is 0 Å². The van der Waals surface area contributed by atoms with E-state index in [-0.39, 0.29) is 12.3 Å². The summed E-state index contributed by atoms with van der Waals surface area (Å²) in [7, 11) is 0. The van der Waals surface area contributed by atoms with Gasteiger partial charge in [0.25, 0.3) is 0 Å². The SMILES string of the molecule is O=C(O)CC(/C=C/CCCCc1ccc2c(n1)NCCC2)c1ccc2c(c1)OCC2. The maximum absolute atomic E-state index is 11.3. The van der Waals surface area contributed by atoms with Crippen molar-refractivity contribution in [1.82, 2.24) is 4.98 Å². The number of carboxylic acids is 1. The van der Waals surface area contributed by atoms with E-state index in [1.165, 1.54) is 17.5 Å². The fourth-order valence-corrected chi connectivity index (χ4v) is 4.24. The van der Waals surface area contributed by atoms with Crippen LogP contribution in [0.1, 0.15) is 60.4 Å². The predicted molar refractivity (Wildman–Crippen MR) is 118 cm³/mol. The molecule has 30 heavy (non-hydrogen) atoms. The van der Waals surface area contributed by atoms with Crippen molar-refractivity contribution < 1.29 is 14.6 Å². The summed E-state index contributed by atoms with van der Waals surface area (Å²) in [5.41, 5.74) is 4.70. The molecule has 2 aliphatic heterocycles. The standard InChI is InChI=1S/C25H30N2O3/c28-24(29)17-20(21-10-9-18-13-15-30-23(18)16-21)6-3-1-2-4-8-22-12-11-19-7-5-14-26-25(19)27-22/h3,6,9-12,16,20H,1-2,4-5,7-8,13-15,17H2,(H,26,27)(H,28,29)/b6-3+. The van der Waals surface area contributed by atoms with E-state index in [1.54, 1.807) is 0 Å². The van der Waals surface area contributed by atoms with Gasteiger partial charge in [0.1, 0.15) is 11.6 Å². The van der Waals surface area contributed by atoms with Crippen molar-refractivity contribution in [1.29, 1.82) is 0 Å². The van der Waals surface area contributed by atoms with E-state index in [0.29, 0.717) is 6.61 Å². The van der Waals surface area contributed by atoms with Crippen molar-refractivity contribution in [2.45, 2.75) is 57.3 Å². The minimum Gasteiger partial charge on any atom is -0.493 e. The molecule has 158 valence electrons. The molecule has 0 fully saturated rings. The lowest BCUT2D eigenvalue weighted by Crippen LogP contribution is -2.13. The van der Waals surface area contributed by atoms with Crippen molar-refractivity contribution >= 4 is 11.8 Å². The van der Waals surface area contributed by atoms with Gasteiger partial charge in [0.05, 0.1) is 13.0 Å². The first-order valence-electron chi connectivity index (χ1n) is 11.1. The third-order valence-electron chi connectivity index (χ3n) is 5.92. The highest BCUT2D eigenvalue weighted by Gasteiger charge is 2.17. The van der Waals surface area contributed by atoms with E-state index in [2.05, 4.69) is 29.6 Å². The Bertz CT molecular complexity index is 923. The maximum atomic E-state index is 11.3. The molecule has 1 aromatic carbocycles. The highest BCUT2D eigenvalue weighted by Crippen LogP contribution is 2.31. The molecule has 2 aliphatic rings. The van der Waals surface area contributed by atoms with Crippen LogP contribution < -0.4 is 10.1 Å². The average Bonchev–Trinajstić information content (AvgIpc) is 3.23. The summed E-state index contributed by atoms with van der Waals surface area (Å²) >= 11 is 0. The molecule has 0 saturated heterocycles. The number of nitrogens with zero attached hydrogens (tertiary/aromatic N) is 1. The maximum Gasteiger partial charge on any atom is 0.304 e. The van der Waals surface area contributed by atoms with Gasteiger partial charge in [-0.25, -0.2) is 4.98 Å². The second kappa shape index (κ2) is 9.79. The number of rotatable bonds is 9. The molecular formula is C25H30N2O3. The molecular weight excluding hydrogens is 376 g/mol. The van der Waals surface area contributed by atoms with Crippen molar-refractivity contribution in [2.24, 2.45) is 0 Å². The molecule has 0 spiro atoms. The number of hydrogen-bond donors (Lipinski definition) is 2. The minimum absolute atomic E-state index is 0.0985. The van der Waals surface area contributed by atoms with E-state index in [0.717, 1.165) is 67.9 Å². The zero-order valence-corrected chi connectivity index (χ0v) is 17.4. The Balaban J connectivity index is 1.28. The van der Waals surface area contributed by atoms with Crippen LogP contribution in [0.5, 0.6) is 5.75 Å². The molecule has 3 heterocycles. The highest BCUT2D eigenvalue weighted by atomic mass is 16.5. The first kappa shape index (κ1) is 20.5. The smallest absolute Gasteiger partial charge is 0.304 e. The number of carboxylic acid groups (broad SMARTS) is 1. The van der Waals surface area contributed by atoms with E-state index in [9.17, 15) is 9.90 Å². The largest absolute Gasteiger partial charge is 0.493 e. The van der Waals surface area contributed by atoms with Gasteiger partial charge in [-0.15, -0.1) is 0 Å². The van der Waals surface area contributed by atoms with Crippen LogP contribution in [-0.4, -0.2) is 29.2 Å². The van der Waals surface area contributed by atoms with Gasteiger partial charge >= 0.3 is 5.97 Å². The Hall–Kier alpha value is -2.82. The lowest BCUT2D eigenvalue weighted by molar-refractivity contribution is -0.137. The molecule has 0 saturated carbocycles. The van der Waals surface area contributed by atoms with E-state index in [4.69, 9.17) is 9.72 Å². The third-order valence-corrected chi connectivity index (χ3v) is 5.92. The monoisotopic (exact) mass is 406 g/mol. The van der Waals surface area contributed by atoms with Crippen molar-refractivity contribution in [3.63, 3.8) is 0 Å². The van der Waals surface area contributed by atoms with Gasteiger partial charge in [-0.3, -0.25) is 4.79 Å². The minimum atomic E-state index is -0.779. The Kier molecular flexibility index (Phi) is 6.67. The molecule has 1 atom stereocenters. The van der Waals surface area contributed by atoms with Gasteiger partial charge in [0, 0.05) is 24.6 Å². The van der Waals surface area contributed by atoms with Gasteiger partial charge in [-0.05, 0) is 67.3 Å². The quantitative estimate of drug-likeness (QED) is 0.458. The molecule has 2 N–H and O–H groups in total. The number of nitrogens with one attached hydrogen (secondary N) is 1. The van der Waals surface area contributed by atoms with E-state index in [1.807, 2.05) is 18.2 Å². The van der Waals surface area contributed by atoms with Crippen LogP contribution in [0.25, 0.3) is 0 Å². The topological polar surface area (TPSA) is 71.5 Å². The summed E-state index contributed by atoms with van der Waals surface area (Å²) in [6.07, 6.45) is 11.6. The molecule has 0 radical (unpaired) electrons. The predicted octanol–water partition coefficient (Wildman–Crippen LogP) is 4.90. The number of anilines is 1. The van der Waals surface area contributed by atoms with Crippen molar-refractivity contribution in [3.8, 4) is 5.75 Å². The molecule has 1 unspecified atom stereocenters. The summed E-state index contributed by atoms with van der Waals surface area (Å²) in [5, 5.41) is 12.7. The van der Waals surface area contributed by atoms with Gasteiger partial charge < -0.3 is 15.2 Å². The number of fused-ring (bicyclic) bond motifs is 2. The summed E-state index contributed by atoms with van der Waals surface area (Å²) in [5.74, 6) is 1.07. The molecule has 4 rings (SSSR count). The van der Waals surface area contributed by atoms with Crippen LogP contribution in [0, 0.1) is 0 Å². The van der Waals surface area contributed by atoms with Crippen LogP contribution in [0.15, 0.2) is 42.5 Å². The van der Waals surface area contributed by atoms with Crippen LogP contribution >= 0.6 is 0 Å². The number of allylic oxidation sites excluding steroid dienone is 2. The van der Waals surface area contributed by atoms with Crippen molar-refractivity contribution in [2.75, 3.05) is 18.5 Å². The summed E-state index contributed by atoms with van der Waals surface area (Å²) in [6.45, 7) is 1.73. The number of aryl methyl sites for hydroxylation is 2. The molecule has 0 aliphatic carbocycles. The van der Waals surface area contributed by atoms with Crippen LogP contribution in [0.3, 0.4) is 0 Å². The van der Waals surface area contributed by atoms with E-state index < -0.39 is 5.97 Å². The summed E-state index contributed by atoms with van der Waals surface area (Å²) < 4.78 is 5.65. The normalized spacial score (nSPS) is 15.9. The Labute approximate surface area is 178 Å². The molecule has 0 bridgehead atoms. The van der Waals surface area contributed by atoms with E-state index >= 15 is 0 Å². The molecule has 5 heteroatoms. The molecule has 1 aromatic heterocycles. The molecule has 0 amide bonds. The lowest BCUT2D eigenvalue weighted by Gasteiger charge is -2.17. The van der Waals surface area contributed by atoms with Crippen LogP contribution in [0.4, 0.5) is 5.82 Å². The molecule has 5 nitrogen and oxygen atoms in total. The van der Waals surface area contributed by atoms with Crippen LogP contribution in [0.2, 0.25) is 0 Å². The Morgan fingerprint density at radius 3 is 3.00 bits per heavy atom. The second-order valence-electron chi connectivity index (χ2n) is 8.18. The average molecular weight is 407 g/mol. The number of ether oxygens (including phenoxy) is 1. The number of hydrogen-bond acceptors (Lipinski definition) is 4. The molecule has 2 aromatic rings. The number of aliphatic carboxylic acids is 1. The van der Waals surface area contributed by atoms with Crippen molar-refractivity contribution in [3.05, 3.63) is 64.9 Å². The second-order valence-corrected chi connectivity index (χ2v) is 8.18. The first-order chi connectivity index (χ1) is 14.7. The summed E-state index contributed by atoms with van der Waals surface area (Å²) in [6, 6.07) is 10.5. The van der Waals surface area contributed by atoms with Gasteiger partial charge in [0.15, 0.2) is 0 Å². The number of aromatic nitrogens is 1. The number of carbonyl (C=O) groups is 1. The number of benzene rings is 1. The van der Waals surface area contributed by atoms with Gasteiger partial charge in [0.2, 0.25) is 0 Å². The number of pyridine rings is 1. The van der Waals surface area contributed by atoms with Crippen LogP contribution in [-0.2, 0) is 24.1 Å². The fraction of sp³-hybridized carbons (Fsp3) is 0.440. The fourth-order valence-electron chi connectivity index (χ4n) is 4.24. The highest BCUT2D eigenvalue weighted by molar-refractivity contribution is 5.68.